The summed E-state index contributed by atoms with van der Waals surface area (Å²) in [5.41, 5.74) is 12.6. The van der Waals surface area contributed by atoms with E-state index in [0.29, 0.717) is 37.9 Å². The summed E-state index contributed by atoms with van der Waals surface area (Å²) < 4.78 is 82.2. The van der Waals surface area contributed by atoms with E-state index in [2.05, 4.69) is 71.5 Å². The van der Waals surface area contributed by atoms with Gasteiger partial charge in [-0.3, -0.25) is 4.79 Å². The first-order chi connectivity index (χ1) is 43.9. The van der Waals surface area contributed by atoms with E-state index < -0.39 is 96.8 Å². The number of fused-ring (bicyclic) bond motifs is 8. The summed E-state index contributed by atoms with van der Waals surface area (Å²) >= 11 is 0. The van der Waals surface area contributed by atoms with Crippen molar-refractivity contribution in [2.24, 2.45) is 73.1 Å². The lowest BCUT2D eigenvalue weighted by molar-refractivity contribution is -0.354. The molecule has 4 saturated carbocycles. The van der Waals surface area contributed by atoms with Gasteiger partial charge in [-0.05, 0) is 152 Å². The number of rotatable bonds is 19. The minimum atomic E-state index is -1.33. The van der Waals surface area contributed by atoms with Crippen molar-refractivity contribution in [2.45, 2.75) is 246 Å². The molecule has 0 radical (unpaired) electrons. The largest absolute Gasteiger partial charge is 0.432 e. The average molecular weight is 1270 g/mol. The van der Waals surface area contributed by atoms with Crippen LogP contribution >= 0.6 is 0 Å². The van der Waals surface area contributed by atoms with Gasteiger partial charge in [-0.1, -0.05) is 170 Å². The number of ether oxygens (including phenoxy) is 12. The summed E-state index contributed by atoms with van der Waals surface area (Å²) in [6, 6.07) is 29.2. The van der Waals surface area contributed by atoms with Crippen molar-refractivity contribution in [3.8, 4) is 0 Å². The van der Waals surface area contributed by atoms with Crippen LogP contribution in [0.2, 0.25) is 0 Å². The number of allylic oxidation sites excluding steroid dienone is 2. The summed E-state index contributed by atoms with van der Waals surface area (Å²) in [5.74, 6) is -1.67. The molecule has 4 saturated heterocycles. The topological polar surface area (TPSA) is 194 Å². The monoisotopic (exact) mass is 1270 g/mol. The third kappa shape index (κ3) is 12.2. The lowest BCUT2D eigenvalue weighted by atomic mass is 9.33. The third-order valence-corrected chi connectivity index (χ3v) is 25.1. The molecule has 12 unspecified atom stereocenters. The molecule has 0 spiro atoms. The van der Waals surface area contributed by atoms with Crippen molar-refractivity contribution in [1.82, 2.24) is 0 Å². The number of nitrogens with zero attached hydrogens (tertiary/aromatic N) is 3. The van der Waals surface area contributed by atoms with Crippen LogP contribution in [0.5, 0.6) is 0 Å². The molecule has 12 rings (SSSR count). The maximum atomic E-state index is 16.5. The van der Waals surface area contributed by atoms with Crippen molar-refractivity contribution < 1.29 is 66.4 Å². The molecule has 17 heteroatoms. The number of aldehydes is 1. The highest BCUT2D eigenvalue weighted by molar-refractivity contribution is 5.80. The molecule has 0 aromatic heterocycles. The molecule has 4 heterocycles. The molecule has 17 nitrogen and oxygen atoms in total. The maximum absolute atomic E-state index is 16.5. The fourth-order valence-corrected chi connectivity index (χ4v) is 19.5. The van der Waals surface area contributed by atoms with E-state index in [0.717, 1.165) is 61.6 Å². The Morgan fingerprint density at radius 3 is 1.99 bits per heavy atom. The van der Waals surface area contributed by atoms with Crippen LogP contribution in [0.25, 0.3) is 10.4 Å². The van der Waals surface area contributed by atoms with Gasteiger partial charge >= 0.3 is 5.97 Å². The van der Waals surface area contributed by atoms with E-state index in [1.54, 1.807) is 7.11 Å². The van der Waals surface area contributed by atoms with E-state index in [-0.39, 0.29) is 70.8 Å². The second-order valence-electron chi connectivity index (χ2n) is 31.2. The summed E-state index contributed by atoms with van der Waals surface area (Å²) in [5, 5.41) is 4.38. The number of benzene rings is 3. The molecule has 92 heavy (non-hydrogen) atoms. The number of methoxy groups -OCH3 is 1. The van der Waals surface area contributed by atoms with Gasteiger partial charge in [-0.25, -0.2) is 0 Å². The van der Waals surface area contributed by atoms with E-state index in [1.807, 2.05) is 119 Å². The van der Waals surface area contributed by atoms with E-state index in [9.17, 15) is 10.3 Å². The van der Waals surface area contributed by atoms with Gasteiger partial charge in [0.05, 0.1) is 63.5 Å². The van der Waals surface area contributed by atoms with Gasteiger partial charge in [0.25, 0.3) is 0 Å². The van der Waals surface area contributed by atoms with Crippen LogP contribution in [-0.2, 0) is 86.3 Å². The van der Waals surface area contributed by atoms with Crippen molar-refractivity contribution in [1.29, 1.82) is 0 Å². The van der Waals surface area contributed by atoms with Crippen LogP contribution in [0, 0.1) is 68.0 Å². The number of hydrogen-bond donors (Lipinski definition) is 0. The smallest absolute Gasteiger partial charge is 0.317 e. The Labute approximate surface area is 545 Å². The van der Waals surface area contributed by atoms with Crippen LogP contribution in [0.4, 0.5) is 0 Å². The average Bonchev–Trinajstić information content (AvgIpc) is 0.745. The van der Waals surface area contributed by atoms with Crippen molar-refractivity contribution in [3.63, 3.8) is 0 Å². The number of esters is 1. The molecule has 4 aliphatic heterocycles. The molecular formula is C75H103N3O14. The van der Waals surface area contributed by atoms with E-state index in [1.165, 1.54) is 11.9 Å². The van der Waals surface area contributed by atoms with Gasteiger partial charge in [-0.15, -0.1) is 0 Å². The highest BCUT2D eigenvalue weighted by Gasteiger charge is 2.72. The normalized spacial score (nSPS) is 43.5. The minimum absolute atomic E-state index is 0.0346. The number of hydrogen-bond acceptors (Lipinski definition) is 15. The van der Waals surface area contributed by atoms with E-state index in [4.69, 9.17) is 56.8 Å². The minimum Gasteiger partial charge on any atom is -0.432 e. The standard InChI is InChI=1S/C75H103N3O14/c1-45-31-33-71(9)56(72(45,10)44-79)32-34-73(11)57(71)30-29-52-53-37-69(5,6)35-36-75(53,58(81-13)38-74(52,73)12)68(80)90-66-61(46(2)59(77-78-76)54(87-66)42-82-39-49-23-17-14-18-24-49)88-67-64-63(91-70(7,8)92-64)62(48(4)86-67)89-65-47(3)60(84-41-51-27-21-16-22-28-51)55(43-85-65)83-40-50-25-19-15-20-26-50/h14-29,44-48,53-67H,30-43H2,1-13H3/t45-,46?,47?,48?,53?,54?,55+,56+,57?,58?,59+,60?,61?,62-,63?,64?,65-,66-,67-,71?,72-,73-,74+,75+/m0/s1. The summed E-state index contributed by atoms with van der Waals surface area (Å²) in [6.45, 7) is 27.6. The fraction of sp³-hybridized carbons (Fsp3) is 0.707. The van der Waals surface area contributed by atoms with Crippen LogP contribution in [0.1, 0.15) is 158 Å². The Morgan fingerprint density at radius 2 is 1.34 bits per heavy atom. The first kappa shape index (κ1) is 67.4. The highest BCUT2D eigenvalue weighted by Crippen LogP contribution is 2.76. The predicted molar refractivity (Wildman–Crippen MR) is 345 cm³/mol. The second kappa shape index (κ2) is 26.4. The molecule has 0 amide bonds. The zero-order valence-corrected chi connectivity index (χ0v) is 56.7. The van der Waals surface area contributed by atoms with Crippen LogP contribution in [0.3, 0.4) is 0 Å². The Kier molecular flexibility index (Phi) is 19.4. The van der Waals surface area contributed by atoms with Gasteiger partial charge in [0.1, 0.15) is 42.2 Å². The zero-order valence-electron chi connectivity index (χ0n) is 56.7. The number of carbonyl (C=O) groups is 2. The third-order valence-electron chi connectivity index (χ3n) is 25.1. The SMILES string of the molecule is COC1C[C@]2(C)C(=CCC3C4(C)CC[C@H](C)[C@](C)(C=O)[C@@H]4CC[C@@]32C)C2CC(C)(C)CC[C@]12C(=O)O[C@@H]1OC(COCc2ccccc2)[C@H](N=[N+]=[N-])C(C)C1O[C@@H]1OC(C)[C@H](O[C@@H]2OC[C@@H](OCc3ccccc3)C(OCc3ccccc3)C2C)C2OC(C)(C)OC21. The second-order valence-corrected chi connectivity index (χ2v) is 31.2. The van der Waals surface area contributed by atoms with E-state index >= 15 is 4.79 Å². The Balaban J connectivity index is 0.840. The van der Waals surface area contributed by atoms with Crippen molar-refractivity contribution >= 4 is 12.3 Å². The van der Waals surface area contributed by atoms with Crippen LogP contribution < -0.4 is 0 Å². The van der Waals surface area contributed by atoms with Crippen molar-refractivity contribution in [3.05, 3.63) is 130 Å². The lowest BCUT2D eigenvalue weighted by Crippen LogP contribution is -2.68. The molecule has 3 aromatic carbocycles. The highest BCUT2D eigenvalue weighted by atomic mass is 16.8. The zero-order chi connectivity index (χ0) is 65.2. The molecule has 0 bridgehead atoms. The molecular weight excluding hydrogens is 1170 g/mol. The summed E-state index contributed by atoms with van der Waals surface area (Å²) in [6.07, 6.45) is 2.24. The number of carbonyl (C=O) groups excluding carboxylic acids is 2. The quantitative estimate of drug-likeness (QED) is 0.0275. The van der Waals surface area contributed by atoms with Gasteiger partial charge in [-0.2, -0.15) is 0 Å². The van der Waals surface area contributed by atoms with Crippen LogP contribution in [0.15, 0.2) is 108 Å². The molecule has 502 valence electrons. The molecule has 5 aliphatic carbocycles. The molecule has 0 N–H and O–H groups in total. The summed E-state index contributed by atoms with van der Waals surface area (Å²) in [4.78, 5) is 33.0. The van der Waals surface area contributed by atoms with Crippen molar-refractivity contribution in [2.75, 3.05) is 20.3 Å². The Bertz CT molecular complexity index is 3130. The first-order valence-corrected chi connectivity index (χ1v) is 34.4. The predicted octanol–water partition coefficient (Wildman–Crippen LogP) is 14.2. The maximum Gasteiger partial charge on any atom is 0.317 e. The summed E-state index contributed by atoms with van der Waals surface area (Å²) in [7, 11) is 1.76. The lowest BCUT2D eigenvalue weighted by Gasteiger charge is -2.71. The Morgan fingerprint density at radius 1 is 0.696 bits per heavy atom. The number of azide groups is 1. The molecule has 3 aromatic rings. The fourth-order valence-electron chi connectivity index (χ4n) is 19.5. The van der Waals surface area contributed by atoms with Gasteiger partial charge in [0.2, 0.25) is 6.29 Å². The van der Waals surface area contributed by atoms with Gasteiger partial charge in [0.15, 0.2) is 18.4 Å². The van der Waals surface area contributed by atoms with Crippen LogP contribution in [-0.4, -0.2) is 118 Å². The van der Waals surface area contributed by atoms with Gasteiger partial charge in [0, 0.05) is 23.4 Å². The van der Waals surface area contributed by atoms with Gasteiger partial charge < -0.3 is 61.6 Å². The first-order valence-electron chi connectivity index (χ1n) is 34.4. The molecule has 8 fully saturated rings. The molecule has 9 aliphatic rings. The molecule has 24 atom stereocenters. The Hall–Kier alpha value is -4.59.